The zero-order chi connectivity index (χ0) is 21.8. The Morgan fingerprint density at radius 3 is 2.34 bits per heavy atom. The molecule has 3 aliphatic rings. The minimum atomic E-state index is -0.837. The Labute approximate surface area is 198 Å². The lowest BCUT2D eigenvalue weighted by molar-refractivity contribution is -0.116. The molecule has 3 nitrogen and oxygen atoms in total. The summed E-state index contributed by atoms with van der Waals surface area (Å²) in [6, 6.07) is 0. The summed E-state index contributed by atoms with van der Waals surface area (Å²) in [4.78, 5) is 0. The average molecular weight is 622 g/mol. The Kier molecular flexibility index (Phi) is 10.8. The van der Waals surface area contributed by atoms with Gasteiger partial charge >= 0.3 is 0 Å². The van der Waals surface area contributed by atoms with Crippen LogP contribution in [-0.2, 0) is 9.05 Å². The fourth-order valence-electron chi connectivity index (χ4n) is 6.27. The fraction of sp³-hybridized carbons (Fsp3) is 0.857. The Morgan fingerprint density at radius 1 is 1.17 bits per heavy atom. The molecule has 2 bridgehead atoms. The van der Waals surface area contributed by atoms with Gasteiger partial charge in [0.1, 0.15) is 5.60 Å². The lowest BCUT2D eigenvalue weighted by atomic mass is 9.54. The SMILES string of the molecule is CC1=CCC2[C@@H](OPP)[C@]3(O)CCC(OP(P(P)P)P(PP)P(P)P)C13C2(C)C. The van der Waals surface area contributed by atoms with Gasteiger partial charge in [-0.3, -0.25) is 0 Å². The molecule has 0 heterocycles. The number of rotatable bonds is 8. The van der Waals surface area contributed by atoms with Gasteiger partial charge < -0.3 is 14.2 Å². The summed E-state index contributed by atoms with van der Waals surface area (Å²) < 4.78 is 13.5. The maximum atomic E-state index is 12.3. The molecule has 0 aromatic carbocycles. The minimum absolute atomic E-state index is 0.0546. The summed E-state index contributed by atoms with van der Waals surface area (Å²) in [6.45, 7) is 6.29. The van der Waals surface area contributed by atoms with Crippen LogP contribution in [0.2, 0.25) is 0 Å². The fourth-order valence-corrected chi connectivity index (χ4v) is 73.5. The number of hydrogen-bond acceptors (Lipinski definition) is 3. The molecular weight excluding hydrogens is 588 g/mol. The van der Waals surface area contributed by atoms with Crippen molar-refractivity contribution in [2.75, 3.05) is 0 Å². The largest absolute Gasteiger partial charge is 0.386 e. The molecule has 0 saturated heterocycles. The first-order valence-electron chi connectivity index (χ1n) is 9.33. The molecule has 0 radical (unpaired) electrons. The molecule has 3 aliphatic carbocycles. The molecular formula is C14H34O3P12. The van der Waals surface area contributed by atoms with E-state index in [-0.39, 0.29) is 44.0 Å². The van der Waals surface area contributed by atoms with Crippen LogP contribution in [0.4, 0.5) is 0 Å². The van der Waals surface area contributed by atoms with Crippen molar-refractivity contribution in [2.45, 2.75) is 57.8 Å². The van der Waals surface area contributed by atoms with Crippen LogP contribution in [0.5, 0.6) is 0 Å². The predicted octanol–water partition coefficient (Wildman–Crippen LogP) is 8.79. The number of allylic oxidation sites excluding steroid dienone is 1. The normalized spacial score (nSPS) is 41.1. The van der Waals surface area contributed by atoms with E-state index in [9.17, 15) is 5.11 Å². The molecule has 13 unspecified atom stereocenters. The van der Waals surface area contributed by atoms with E-state index in [1.54, 1.807) is 0 Å². The summed E-state index contributed by atoms with van der Waals surface area (Å²) in [5, 5.41) is 12.3. The second-order valence-corrected chi connectivity index (χ2v) is 44.1. The van der Waals surface area contributed by atoms with Crippen LogP contribution in [0, 0.1) is 16.7 Å². The van der Waals surface area contributed by atoms with Crippen molar-refractivity contribution >= 4 is 98.5 Å². The van der Waals surface area contributed by atoms with E-state index in [0.717, 1.165) is 27.2 Å². The van der Waals surface area contributed by atoms with Gasteiger partial charge in [0.05, 0.1) is 25.1 Å². The number of fused-ring (bicyclic) bond motifs is 1. The Hall–Kier alpha value is 4.78. The van der Waals surface area contributed by atoms with E-state index in [2.05, 4.69) is 80.4 Å². The van der Waals surface area contributed by atoms with Gasteiger partial charge in [0.25, 0.3) is 0 Å². The van der Waals surface area contributed by atoms with E-state index in [0.29, 0.717) is 14.4 Å². The van der Waals surface area contributed by atoms with E-state index >= 15 is 0 Å². The lowest BCUT2D eigenvalue weighted by Gasteiger charge is -2.53. The van der Waals surface area contributed by atoms with Gasteiger partial charge in [-0.25, -0.2) is 0 Å². The molecule has 1 spiro atoms. The van der Waals surface area contributed by atoms with E-state index in [4.69, 9.17) is 9.05 Å². The first-order chi connectivity index (χ1) is 13.5. The molecule has 15 heteroatoms. The Bertz CT molecular complexity index is 647. The Balaban J connectivity index is 2.06. The summed E-state index contributed by atoms with van der Waals surface area (Å²) in [7, 11) is 18.5. The molecule has 168 valence electrons. The van der Waals surface area contributed by atoms with Crippen molar-refractivity contribution < 1.29 is 14.2 Å². The second-order valence-electron chi connectivity index (χ2n) is 8.40. The van der Waals surface area contributed by atoms with Crippen molar-refractivity contribution in [1.82, 2.24) is 0 Å². The van der Waals surface area contributed by atoms with Gasteiger partial charge in [-0.15, -0.1) is 44.6 Å². The maximum Gasteiger partial charge on any atom is 0.104 e. The van der Waals surface area contributed by atoms with Crippen LogP contribution in [0.15, 0.2) is 11.6 Å². The zero-order valence-corrected chi connectivity index (χ0v) is 29.5. The first-order valence-corrected chi connectivity index (χ1v) is 29.6. The van der Waals surface area contributed by atoms with E-state index in [1.807, 2.05) is 0 Å². The van der Waals surface area contributed by atoms with Gasteiger partial charge in [-0.05, 0) is 51.5 Å². The smallest absolute Gasteiger partial charge is 0.104 e. The third kappa shape index (κ3) is 4.53. The van der Waals surface area contributed by atoms with Gasteiger partial charge in [0, 0.05) is 15.5 Å². The average Bonchev–Trinajstić information content (AvgIpc) is 2.95. The van der Waals surface area contributed by atoms with Gasteiger partial charge in [-0.2, -0.15) is 0 Å². The van der Waals surface area contributed by atoms with Crippen LogP contribution in [0.25, 0.3) is 0 Å². The van der Waals surface area contributed by atoms with Crippen molar-refractivity contribution in [1.29, 1.82) is 0 Å². The molecule has 0 aromatic rings. The van der Waals surface area contributed by atoms with Crippen LogP contribution in [0.1, 0.15) is 40.0 Å². The molecule has 2 fully saturated rings. The molecule has 1 N–H and O–H groups in total. The van der Waals surface area contributed by atoms with Crippen molar-refractivity contribution in [3.8, 4) is 0 Å². The Morgan fingerprint density at radius 2 is 1.83 bits per heavy atom. The predicted molar refractivity (Wildman–Crippen MR) is 165 cm³/mol. The topological polar surface area (TPSA) is 38.7 Å². The minimum Gasteiger partial charge on any atom is -0.386 e. The molecule has 0 amide bonds. The van der Waals surface area contributed by atoms with Gasteiger partial charge in [0.15, 0.2) is 0 Å². The third-order valence-corrected chi connectivity index (χ3v) is 55.2. The van der Waals surface area contributed by atoms with Crippen LogP contribution >= 0.6 is 98.5 Å². The standard InChI is InChI=1S/C14H34O3P12/c1-8-4-5-9-11(16-24-18)13(15)7-6-10(14(8,13)12(9,2)3)17-26(27(20)21)29(25-19)28(22)23/h4,9-11,15,24-25H,5-7,18-23H2,1-3H3/t9?,10?,11-,13-,14?,26?,29?/m1/s1. The third-order valence-electron chi connectivity index (χ3n) is 7.14. The summed E-state index contributed by atoms with van der Waals surface area (Å²) in [5.74, 6) is 0.334. The van der Waals surface area contributed by atoms with Gasteiger partial charge in [0.2, 0.25) is 0 Å². The van der Waals surface area contributed by atoms with Crippen molar-refractivity contribution in [2.24, 2.45) is 16.7 Å². The summed E-state index contributed by atoms with van der Waals surface area (Å²) in [5.41, 5.74) is 0.0807. The highest BCUT2D eigenvalue weighted by Gasteiger charge is 2.79. The molecule has 3 rings (SSSR count). The van der Waals surface area contributed by atoms with Crippen LogP contribution in [0.3, 0.4) is 0 Å². The highest BCUT2D eigenvalue weighted by Crippen LogP contribution is 3.09. The highest BCUT2D eigenvalue weighted by molar-refractivity contribution is 9.10. The molecule has 0 aliphatic heterocycles. The molecule has 2 saturated carbocycles. The summed E-state index contributed by atoms with van der Waals surface area (Å²) >= 11 is 0. The van der Waals surface area contributed by atoms with Crippen LogP contribution in [-0.4, -0.2) is 22.9 Å². The maximum absolute atomic E-state index is 12.3. The number of hydrogen-bond donors (Lipinski definition) is 1. The quantitative estimate of drug-likeness (QED) is 0.217. The van der Waals surface area contributed by atoms with E-state index < -0.39 is 13.1 Å². The monoisotopic (exact) mass is 622 g/mol. The first kappa shape index (κ1) is 28.4. The molecule has 29 heavy (non-hydrogen) atoms. The number of aliphatic hydroxyl groups is 1. The van der Waals surface area contributed by atoms with E-state index in [1.165, 1.54) is 5.57 Å². The summed E-state index contributed by atoms with van der Waals surface area (Å²) in [6.07, 6.45) is 5.02. The molecule has 0 aromatic heterocycles. The van der Waals surface area contributed by atoms with Crippen LogP contribution < -0.4 is 0 Å². The van der Waals surface area contributed by atoms with Gasteiger partial charge in [-0.1, -0.05) is 42.4 Å². The zero-order valence-electron chi connectivity index (χ0n) is 16.9. The van der Waals surface area contributed by atoms with Crippen molar-refractivity contribution in [3.63, 3.8) is 0 Å². The molecule has 15 atom stereocenters. The highest BCUT2D eigenvalue weighted by atomic mass is 33.1. The lowest BCUT2D eigenvalue weighted by Crippen LogP contribution is -2.56. The second kappa shape index (κ2) is 11.0. The van der Waals surface area contributed by atoms with Crippen molar-refractivity contribution in [3.05, 3.63) is 11.6 Å².